The third-order valence-electron chi connectivity index (χ3n) is 2.81. The Morgan fingerprint density at radius 3 is 2.25 bits per heavy atom. The van der Waals surface area contributed by atoms with Crippen LogP contribution in [-0.4, -0.2) is 17.2 Å². The fourth-order valence-corrected chi connectivity index (χ4v) is 1.85. The molecule has 0 radical (unpaired) electrons. The van der Waals surface area contributed by atoms with E-state index in [-0.39, 0.29) is 6.61 Å². The van der Waals surface area contributed by atoms with E-state index in [9.17, 15) is 8.78 Å². The fraction of sp³-hybridized carbons (Fsp3) is 0.143. The molecule has 2 aromatic carbocycles. The van der Waals surface area contributed by atoms with Gasteiger partial charge in [-0.1, -0.05) is 12.1 Å². The number of halogens is 2. The maximum absolute atomic E-state index is 13.0. The molecule has 0 atom stereocenters. The Hall–Kier alpha value is -1.92. The van der Waals surface area contributed by atoms with Crippen molar-refractivity contribution in [2.75, 3.05) is 0 Å². The van der Waals surface area contributed by atoms with Crippen LogP contribution in [0.4, 0.5) is 8.78 Å². The molecule has 2 rings (SSSR count). The van der Waals surface area contributed by atoms with Crippen LogP contribution in [0, 0.1) is 18.6 Å². The van der Waals surface area contributed by atoms with Gasteiger partial charge in [-0.25, -0.2) is 8.78 Å². The summed E-state index contributed by atoms with van der Waals surface area (Å²) in [6.07, 6.45) is 0. The number of rotatable bonds is 4. The molecule has 0 aliphatic heterocycles. The summed E-state index contributed by atoms with van der Waals surface area (Å²) in [5.74, 6) is -0.794. The first-order valence-corrected chi connectivity index (χ1v) is 6.00. The van der Waals surface area contributed by atoms with Gasteiger partial charge < -0.3 is 14.8 Å². The molecule has 0 fully saturated rings. The largest absolute Gasteiger partial charge is 0.489 e. The molecule has 0 amide bonds. The van der Waals surface area contributed by atoms with Crippen molar-refractivity contribution in [3.8, 4) is 5.75 Å². The van der Waals surface area contributed by atoms with E-state index in [0.717, 1.165) is 6.07 Å². The van der Waals surface area contributed by atoms with Crippen LogP contribution in [0.25, 0.3) is 0 Å². The third-order valence-corrected chi connectivity index (χ3v) is 2.81. The molecule has 0 saturated heterocycles. The molecular weight excluding hydrogens is 265 g/mol. The Morgan fingerprint density at radius 2 is 1.70 bits per heavy atom. The van der Waals surface area contributed by atoms with Gasteiger partial charge in [0.1, 0.15) is 24.0 Å². The first-order chi connectivity index (χ1) is 9.45. The maximum Gasteiger partial charge on any atom is 0.488 e. The summed E-state index contributed by atoms with van der Waals surface area (Å²) in [5, 5.41) is 18.1. The zero-order valence-corrected chi connectivity index (χ0v) is 10.8. The summed E-state index contributed by atoms with van der Waals surface area (Å²) in [7, 11) is -1.54. The molecular formula is C14H13BF2O3. The highest BCUT2D eigenvalue weighted by molar-refractivity contribution is 6.58. The second kappa shape index (κ2) is 6.03. The number of hydrogen-bond donors (Lipinski definition) is 2. The van der Waals surface area contributed by atoms with Gasteiger partial charge in [0.25, 0.3) is 0 Å². The van der Waals surface area contributed by atoms with Crippen LogP contribution >= 0.6 is 0 Å². The minimum absolute atomic E-state index is 0.0244. The average molecular weight is 278 g/mol. The van der Waals surface area contributed by atoms with E-state index in [4.69, 9.17) is 14.8 Å². The summed E-state index contributed by atoms with van der Waals surface area (Å²) >= 11 is 0. The van der Waals surface area contributed by atoms with E-state index in [1.165, 1.54) is 18.2 Å². The van der Waals surface area contributed by atoms with E-state index < -0.39 is 18.8 Å². The topological polar surface area (TPSA) is 49.7 Å². The molecule has 2 aromatic rings. The molecule has 0 aromatic heterocycles. The van der Waals surface area contributed by atoms with Crippen molar-refractivity contribution in [2.45, 2.75) is 13.5 Å². The van der Waals surface area contributed by atoms with Crippen molar-refractivity contribution in [3.63, 3.8) is 0 Å². The van der Waals surface area contributed by atoms with Crippen molar-refractivity contribution in [2.24, 2.45) is 0 Å². The highest BCUT2D eigenvalue weighted by Crippen LogP contribution is 2.18. The molecule has 104 valence electrons. The molecule has 0 aliphatic carbocycles. The van der Waals surface area contributed by atoms with Crippen LogP contribution in [0.1, 0.15) is 11.1 Å². The van der Waals surface area contributed by atoms with Crippen LogP contribution in [0.2, 0.25) is 0 Å². The SMILES string of the molecule is Cc1cc(B(O)O)ccc1OCc1cc(F)cc(F)c1. The summed E-state index contributed by atoms with van der Waals surface area (Å²) in [5.41, 5.74) is 1.44. The Bertz CT molecular complexity index is 597. The molecule has 0 unspecified atom stereocenters. The van der Waals surface area contributed by atoms with E-state index in [1.54, 1.807) is 19.1 Å². The molecule has 0 bridgehead atoms. The van der Waals surface area contributed by atoms with E-state index in [1.807, 2.05) is 0 Å². The van der Waals surface area contributed by atoms with Gasteiger partial charge in [-0.05, 0) is 41.7 Å². The summed E-state index contributed by atoms with van der Waals surface area (Å²) in [6.45, 7) is 1.77. The first kappa shape index (κ1) is 14.5. The molecule has 0 heterocycles. The van der Waals surface area contributed by atoms with Crippen LogP contribution < -0.4 is 10.2 Å². The minimum Gasteiger partial charge on any atom is -0.489 e. The van der Waals surface area contributed by atoms with E-state index >= 15 is 0 Å². The van der Waals surface area contributed by atoms with Gasteiger partial charge in [-0.15, -0.1) is 0 Å². The minimum atomic E-state index is -1.54. The number of benzene rings is 2. The Morgan fingerprint density at radius 1 is 1.05 bits per heavy atom. The van der Waals surface area contributed by atoms with Crippen molar-refractivity contribution in [1.82, 2.24) is 0 Å². The Balaban J connectivity index is 2.11. The zero-order valence-electron chi connectivity index (χ0n) is 10.8. The molecule has 0 spiro atoms. The lowest BCUT2D eigenvalue weighted by molar-refractivity contribution is 0.302. The molecule has 6 heteroatoms. The van der Waals surface area contributed by atoms with Crippen molar-refractivity contribution < 1.29 is 23.6 Å². The van der Waals surface area contributed by atoms with Crippen molar-refractivity contribution in [3.05, 3.63) is 59.2 Å². The smallest absolute Gasteiger partial charge is 0.488 e. The highest BCUT2D eigenvalue weighted by Gasteiger charge is 2.12. The van der Waals surface area contributed by atoms with Gasteiger partial charge in [-0.2, -0.15) is 0 Å². The fourth-order valence-electron chi connectivity index (χ4n) is 1.85. The van der Waals surface area contributed by atoms with Gasteiger partial charge >= 0.3 is 7.12 Å². The lowest BCUT2D eigenvalue weighted by atomic mass is 9.79. The number of ether oxygens (including phenoxy) is 1. The van der Waals surface area contributed by atoms with E-state index in [0.29, 0.717) is 22.3 Å². The highest BCUT2D eigenvalue weighted by atomic mass is 19.1. The quantitative estimate of drug-likeness (QED) is 0.834. The van der Waals surface area contributed by atoms with Gasteiger partial charge in [0.05, 0.1) is 0 Å². The lowest BCUT2D eigenvalue weighted by Crippen LogP contribution is -2.29. The zero-order chi connectivity index (χ0) is 14.7. The predicted molar refractivity (Wildman–Crippen MR) is 71.7 cm³/mol. The van der Waals surface area contributed by atoms with Crippen LogP contribution in [0.5, 0.6) is 5.75 Å². The standard InChI is InChI=1S/C14H13BF2O3/c1-9-4-11(15(18)19)2-3-14(9)20-8-10-5-12(16)7-13(17)6-10/h2-7,18-19H,8H2,1H3. The first-order valence-electron chi connectivity index (χ1n) is 6.00. The van der Waals surface area contributed by atoms with Gasteiger partial charge in [0.15, 0.2) is 0 Å². The number of hydrogen-bond acceptors (Lipinski definition) is 3. The second-order valence-electron chi connectivity index (χ2n) is 4.46. The monoisotopic (exact) mass is 278 g/mol. The molecule has 20 heavy (non-hydrogen) atoms. The van der Waals surface area contributed by atoms with E-state index in [2.05, 4.69) is 0 Å². The Kier molecular flexibility index (Phi) is 4.37. The number of aryl methyl sites for hydroxylation is 1. The van der Waals surface area contributed by atoms with Gasteiger partial charge in [0.2, 0.25) is 0 Å². The van der Waals surface area contributed by atoms with Crippen LogP contribution in [-0.2, 0) is 6.61 Å². The lowest BCUT2D eigenvalue weighted by Gasteiger charge is -2.11. The van der Waals surface area contributed by atoms with Crippen molar-refractivity contribution >= 4 is 12.6 Å². The molecule has 3 nitrogen and oxygen atoms in total. The predicted octanol–water partition coefficient (Wildman–Crippen LogP) is 1.53. The van der Waals surface area contributed by atoms with Gasteiger partial charge in [0, 0.05) is 6.07 Å². The summed E-state index contributed by atoms with van der Waals surface area (Å²) < 4.78 is 31.5. The summed E-state index contributed by atoms with van der Waals surface area (Å²) in [4.78, 5) is 0. The Labute approximate surface area is 115 Å². The average Bonchev–Trinajstić information content (AvgIpc) is 2.36. The van der Waals surface area contributed by atoms with Crippen LogP contribution in [0.15, 0.2) is 36.4 Å². The molecule has 2 N–H and O–H groups in total. The van der Waals surface area contributed by atoms with Crippen LogP contribution in [0.3, 0.4) is 0 Å². The second-order valence-corrected chi connectivity index (χ2v) is 4.46. The summed E-state index contributed by atoms with van der Waals surface area (Å²) in [6, 6.07) is 7.87. The van der Waals surface area contributed by atoms with Crippen molar-refractivity contribution in [1.29, 1.82) is 0 Å². The third kappa shape index (κ3) is 3.56. The maximum atomic E-state index is 13.0. The van der Waals surface area contributed by atoms with Gasteiger partial charge in [-0.3, -0.25) is 0 Å². The molecule has 0 aliphatic rings. The normalized spacial score (nSPS) is 10.4. The molecule has 0 saturated carbocycles.